The Bertz CT molecular complexity index is 1110. The molecule has 1 aromatic carbocycles. The van der Waals surface area contributed by atoms with Gasteiger partial charge < -0.3 is 4.90 Å². The van der Waals surface area contributed by atoms with Gasteiger partial charge in [0, 0.05) is 44.4 Å². The van der Waals surface area contributed by atoms with Crippen LogP contribution in [-0.2, 0) is 22.1 Å². The first-order chi connectivity index (χ1) is 13.6. The zero-order valence-corrected chi connectivity index (χ0v) is 16.0. The minimum Gasteiger partial charge on any atom is -0.338 e. The van der Waals surface area contributed by atoms with Gasteiger partial charge in [-0.3, -0.25) is 4.98 Å². The molecular weight excluding hydrogens is 374 g/mol. The van der Waals surface area contributed by atoms with E-state index < -0.39 is 15.6 Å². The summed E-state index contributed by atoms with van der Waals surface area (Å²) < 4.78 is 28.5. The zero-order chi connectivity index (χ0) is 19.2. The molecule has 2 aliphatic rings. The summed E-state index contributed by atoms with van der Waals surface area (Å²) in [4.78, 5) is 15.3. The molecule has 8 heteroatoms. The van der Waals surface area contributed by atoms with Gasteiger partial charge in [0.05, 0.1) is 10.4 Å². The number of rotatable bonds is 3. The molecule has 5 rings (SSSR count). The number of hydrogen-bond donors (Lipinski definition) is 0. The molecule has 2 aliphatic heterocycles. The van der Waals surface area contributed by atoms with Gasteiger partial charge >= 0.3 is 0 Å². The summed E-state index contributed by atoms with van der Waals surface area (Å²) in [7, 11) is -3.60. The summed E-state index contributed by atoms with van der Waals surface area (Å²) in [5.74, 6) is 0.627. The summed E-state index contributed by atoms with van der Waals surface area (Å²) >= 11 is 0. The molecule has 1 spiro atoms. The van der Waals surface area contributed by atoms with Crippen molar-refractivity contribution in [2.45, 2.75) is 23.4 Å². The lowest BCUT2D eigenvalue weighted by Crippen LogP contribution is -2.45. The molecule has 0 radical (unpaired) electrons. The van der Waals surface area contributed by atoms with E-state index in [2.05, 4.69) is 19.9 Å². The van der Waals surface area contributed by atoms with Crippen LogP contribution in [0, 0.1) is 0 Å². The van der Waals surface area contributed by atoms with Crippen molar-refractivity contribution in [3.05, 3.63) is 78.4 Å². The first kappa shape index (κ1) is 17.3. The van der Waals surface area contributed by atoms with Crippen molar-refractivity contribution in [3.63, 3.8) is 0 Å². The predicted octanol–water partition coefficient (Wildman–Crippen LogP) is 2.18. The Kier molecular flexibility index (Phi) is 3.92. The SMILES string of the molecule is O=S1(=O)c2ccccc2[C@@]2(CCN(c3ncccn3)C2)N1Cc1cccnc1. The Morgan fingerprint density at radius 1 is 1.00 bits per heavy atom. The molecular formula is C20H19N5O2S. The summed E-state index contributed by atoms with van der Waals surface area (Å²) in [5.41, 5.74) is 1.09. The first-order valence-electron chi connectivity index (χ1n) is 9.14. The van der Waals surface area contributed by atoms with Gasteiger partial charge in [-0.1, -0.05) is 24.3 Å². The van der Waals surface area contributed by atoms with Crippen LogP contribution < -0.4 is 4.90 Å². The van der Waals surface area contributed by atoms with Gasteiger partial charge in [0.15, 0.2) is 0 Å². The smallest absolute Gasteiger partial charge is 0.244 e. The van der Waals surface area contributed by atoms with E-state index in [0.29, 0.717) is 30.4 Å². The Balaban J connectivity index is 1.61. The highest BCUT2D eigenvalue weighted by molar-refractivity contribution is 7.89. The second-order valence-corrected chi connectivity index (χ2v) is 8.95. The molecule has 28 heavy (non-hydrogen) atoms. The van der Waals surface area contributed by atoms with E-state index in [4.69, 9.17) is 0 Å². The minimum absolute atomic E-state index is 0.286. The maximum Gasteiger partial charge on any atom is 0.244 e. The lowest BCUT2D eigenvalue weighted by Gasteiger charge is -2.34. The number of aromatic nitrogens is 3. The van der Waals surface area contributed by atoms with Crippen LogP contribution in [0.1, 0.15) is 17.5 Å². The third kappa shape index (κ3) is 2.52. The minimum atomic E-state index is -3.60. The van der Waals surface area contributed by atoms with Crippen LogP contribution in [0.5, 0.6) is 0 Å². The lowest BCUT2D eigenvalue weighted by atomic mass is 9.88. The summed E-state index contributed by atoms with van der Waals surface area (Å²) in [6.45, 7) is 1.50. The maximum absolute atomic E-state index is 13.4. The molecule has 142 valence electrons. The molecule has 0 saturated carbocycles. The van der Waals surface area contributed by atoms with Crippen LogP contribution >= 0.6 is 0 Å². The number of pyridine rings is 1. The molecule has 0 bridgehead atoms. The van der Waals surface area contributed by atoms with E-state index >= 15 is 0 Å². The van der Waals surface area contributed by atoms with Gasteiger partial charge in [0.1, 0.15) is 0 Å². The van der Waals surface area contributed by atoms with E-state index in [9.17, 15) is 8.42 Å². The number of benzene rings is 1. The predicted molar refractivity (Wildman–Crippen MR) is 104 cm³/mol. The highest BCUT2D eigenvalue weighted by Crippen LogP contribution is 2.50. The molecule has 1 fully saturated rings. The largest absolute Gasteiger partial charge is 0.338 e. The summed E-state index contributed by atoms with van der Waals surface area (Å²) in [6.07, 6.45) is 7.51. The molecule has 0 unspecified atom stereocenters. The van der Waals surface area contributed by atoms with Gasteiger partial charge in [-0.25, -0.2) is 18.4 Å². The molecule has 0 aliphatic carbocycles. The molecule has 4 heterocycles. The number of sulfonamides is 1. The van der Waals surface area contributed by atoms with Crippen LogP contribution in [0.15, 0.2) is 72.1 Å². The number of fused-ring (bicyclic) bond motifs is 2. The third-order valence-electron chi connectivity index (χ3n) is 5.57. The van der Waals surface area contributed by atoms with Gasteiger partial charge in [0.25, 0.3) is 0 Å². The van der Waals surface area contributed by atoms with E-state index in [0.717, 1.165) is 11.1 Å². The maximum atomic E-state index is 13.4. The molecule has 1 saturated heterocycles. The third-order valence-corrected chi connectivity index (χ3v) is 7.54. The first-order valence-corrected chi connectivity index (χ1v) is 10.6. The molecule has 2 aromatic heterocycles. The van der Waals surface area contributed by atoms with Crippen molar-refractivity contribution >= 4 is 16.0 Å². The van der Waals surface area contributed by atoms with Gasteiger partial charge in [-0.05, 0) is 35.7 Å². The van der Waals surface area contributed by atoms with Gasteiger partial charge in [0.2, 0.25) is 16.0 Å². The average molecular weight is 393 g/mol. The second kappa shape index (κ2) is 6.35. The van der Waals surface area contributed by atoms with Crippen molar-refractivity contribution in [1.29, 1.82) is 0 Å². The monoisotopic (exact) mass is 393 g/mol. The summed E-state index contributed by atoms with van der Waals surface area (Å²) in [5, 5.41) is 0. The van der Waals surface area contributed by atoms with Crippen molar-refractivity contribution in [3.8, 4) is 0 Å². The Hall–Kier alpha value is -2.84. The fourth-order valence-corrected chi connectivity index (χ4v) is 6.35. The molecule has 1 atom stereocenters. The Morgan fingerprint density at radius 3 is 2.61 bits per heavy atom. The normalized spacial score (nSPS) is 23.2. The molecule has 0 N–H and O–H groups in total. The molecule has 0 amide bonds. The highest BCUT2D eigenvalue weighted by atomic mass is 32.2. The fraction of sp³-hybridized carbons (Fsp3) is 0.250. The van der Waals surface area contributed by atoms with Crippen molar-refractivity contribution in [2.24, 2.45) is 0 Å². The average Bonchev–Trinajstić information content (AvgIpc) is 3.25. The van der Waals surface area contributed by atoms with Crippen LogP contribution in [0.4, 0.5) is 5.95 Å². The van der Waals surface area contributed by atoms with Crippen LogP contribution in [-0.4, -0.2) is 40.8 Å². The number of hydrogen-bond acceptors (Lipinski definition) is 6. The highest BCUT2D eigenvalue weighted by Gasteiger charge is 2.57. The topological polar surface area (TPSA) is 79.3 Å². The van der Waals surface area contributed by atoms with Crippen LogP contribution in [0.25, 0.3) is 0 Å². The zero-order valence-electron chi connectivity index (χ0n) is 15.1. The van der Waals surface area contributed by atoms with E-state index in [1.54, 1.807) is 47.3 Å². The molecule has 3 aromatic rings. The van der Waals surface area contributed by atoms with E-state index in [1.807, 2.05) is 24.3 Å². The van der Waals surface area contributed by atoms with E-state index in [-0.39, 0.29) is 6.54 Å². The van der Waals surface area contributed by atoms with Crippen molar-refractivity contribution < 1.29 is 8.42 Å². The number of nitrogens with zero attached hydrogens (tertiary/aromatic N) is 5. The van der Waals surface area contributed by atoms with Crippen LogP contribution in [0.3, 0.4) is 0 Å². The molecule has 7 nitrogen and oxygen atoms in total. The lowest BCUT2D eigenvalue weighted by molar-refractivity contribution is 0.215. The van der Waals surface area contributed by atoms with E-state index in [1.165, 1.54) is 0 Å². The quantitative estimate of drug-likeness (QED) is 0.679. The van der Waals surface area contributed by atoms with Crippen molar-refractivity contribution in [2.75, 3.05) is 18.0 Å². The number of anilines is 1. The Morgan fingerprint density at radius 2 is 1.82 bits per heavy atom. The second-order valence-electron chi connectivity index (χ2n) is 7.12. The Labute approximate surface area is 163 Å². The van der Waals surface area contributed by atoms with Crippen LogP contribution in [0.2, 0.25) is 0 Å². The van der Waals surface area contributed by atoms with Gasteiger partial charge in [-0.2, -0.15) is 4.31 Å². The standard InChI is InChI=1S/C20H19N5O2S/c26-28(27)18-7-2-1-6-17(18)20(25(28)14-16-5-3-9-21-13-16)8-12-24(15-20)19-22-10-4-11-23-19/h1-7,9-11,13H,8,12,14-15H2/t20-/m0/s1. The summed E-state index contributed by atoms with van der Waals surface area (Å²) in [6, 6.07) is 12.8. The van der Waals surface area contributed by atoms with Gasteiger partial charge in [-0.15, -0.1) is 0 Å². The van der Waals surface area contributed by atoms with Crippen molar-refractivity contribution in [1.82, 2.24) is 19.3 Å². The fourth-order valence-electron chi connectivity index (χ4n) is 4.30.